The molecule has 2 fully saturated rings. The molecule has 3 aromatic rings. The fourth-order valence-electron chi connectivity index (χ4n) is 6.86. The van der Waals surface area contributed by atoms with E-state index in [2.05, 4.69) is 52.1 Å². The number of hydrogen-bond donors (Lipinski definition) is 1. The molecule has 0 aliphatic carbocycles. The summed E-state index contributed by atoms with van der Waals surface area (Å²) < 4.78 is 42.0. The number of benzene rings is 1. The maximum atomic E-state index is 13.6. The zero-order valence-corrected chi connectivity index (χ0v) is 29.1. The highest BCUT2D eigenvalue weighted by molar-refractivity contribution is 5.83. The van der Waals surface area contributed by atoms with Crippen LogP contribution in [0.15, 0.2) is 42.6 Å². The molecule has 2 aromatic heterocycles. The largest absolute Gasteiger partial charge is 0.406 e. The van der Waals surface area contributed by atoms with Crippen LogP contribution in [0.25, 0.3) is 10.9 Å². The predicted molar refractivity (Wildman–Crippen MR) is 187 cm³/mol. The number of anilines is 1. The lowest BCUT2D eigenvalue weighted by Gasteiger charge is -2.37. The van der Waals surface area contributed by atoms with Crippen molar-refractivity contribution in [1.29, 1.82) is 5.26 Å². The topological polar surface area (TPSA) is 80.4 Å². The molecule has 5 rings (SSSR count). The summed E-state index contributed by atoms with van der Waals surface area (Å²) >= 11 is 0. The van der Waals surface area contributed by atoms with Gasteiger partial charge in [0.15, 0.2) is 0 Å². The number of alkyl halides is 3. The normalized spacial score (nSPS) is 16.8. The van der Waals surface area contributed by atoms with Gasteiger partial charge in [-0.3, -0.25) is 14.7 Å². The van der Waals surface area contributed by atoms with Crippen LogP contribution in [0.2, 0.25) is 0 Å². The van der Waals surface area contributed by atoms with Gasteiger partial charge in [0, 0.05) is 43.1 Å². The van der Waals surface area contributed by atoms with Gasteiger partial charge >= 0.3 is 6.18 Å². The molecule has 262 valence electrons. The van der Waals surface area contributed by atoms with Crippen molar-refractivity contribution in [3.05, 3.63) is 59.5 Å². The summed E-state index contributed by atoms with van der Waals surface area (Å²) in [4.78, 5) is 23.9. The average molecular weight is 676 g/mol. The summed E-state index contributed by atoms with van der Waals surface area (Å²) in [5, 5.41) is 13.2. The first-order chi connectivity index (χ1) is 23.3. The van der Waals surface area contributed by atoms with Gasteiger partial charge in [0.05, 0.1) is 47.8 Å². The molecular weight excluding hydrogens is 627 g/mol. The highest BCUT2D eigenvalue weighted by Gasteiger charge is 2.30. The number of carbonyl (C=O) groups is 1. The summed E-state index contributed by atoms with van der Waals surface area (Å²) in [5.74, 6) is 6.64. The first kappa shape index (κ1) is 36.2. The second-order valence-corrected chi connectivity index (χ2v) is 14.3. The molecule has 0 saturated carbocycles. The molecule has 8 nitrogen and oxygen atoms in total. The van der Waals surface area contributed by atoms with Gasteiger partial charge in [-0.1, -0.05) is 12.0 Å². The number of hydrogen-bond acceptors (Lipinski definition) is 6. The van der Waals surface area contributed by atoms with Gasteiger partial charge in [0.1, 0.15) is 6.54 Å². The van der Waals surface area contributed by atoms with Gasteiger partial charge in [-0.05, 0) is 114 Å². The minimum absolute atomic E-state index is 0.224. The van der Waals surface area contributed by atoms with Crippen molar-refractivity contribution in [1.82, 2.24) is 24.3 Å². The van der Waals surface area contributed by atoms with Crippen LogP contribution in [0.3, 0.4) is 0 Å². The number of aromatic nitrogens is 2. The van der Waals surface area contributed by atoms with Gasteiger partial charge in [-0.15, -0.1) is 0 Å². The van der Waals surface area contributed by atoms with E-state index < -0.39 is 18.1 Å². The number of amides is 1. The Morgan fingerprint density at radius 1 is 1.04 bits per heavy atom. The second kappa shape index (κ2) is 15.7. The molecule has 49 heavy (non-hydrogen) atoms. The number of nitrogens with one attached hydrogen (secondary N) is 1. The summed E-state index contributed by atoms with van der Waals surface area (Å²) in [6.07, 6.45) is 3.22. The van der Waals surface area contributed by atoms with Crippen molar-refractivity contribution in [2.24, 2.45) is 5.92 Å². The van der Waals surface area contributed by atoms with Crippen LogP contribution in [0.4, 0.5) is 18.9 Å². The molecule has 0 radical (unpaired) electrons. The van der Waals surface area contributed by atoms with Crippen molar-refractivity contribution < 1.29 is 18.0 Å². The number of likely N-dealkylation sites (tertiary alicyclic amines) is 2. The molecule has 11 heteroatoms. The van der Waals surface area contributed by atoms with Gasteiger partial charge < -0.3 is 19.7 Å². The number of nitriles is 1. The number of piperidine rings is 2. The molecular formula is C38H48F3N7O. The van der Waals surface area contributed by atoms with E-state index in [1.54, 1.807) is 38.2 Å². The Hall–Kier alpha value is -4.06. The molecule has 1 aromatic carbocycles. The summed E-state index contributed by atoms with van der Waals surface area (Å²) in [7, 11) is 4.24. The quantitative estimate of drug-likeness (QED) is 0.263. The van der Waals surface area contributed by atoms with E-state index in [1.165, 1.54) is 4.57 Å². The maximum Gasteiger partial charge on any atom is 0.406 e. The molecule has 0 atom stereocenters. The Bertz CT molecular complexity index is 1680. The van der Waals surface area contributed by atoms with Crippen LogP contribution < -0.4 is 5.32 Å². The number of halogens is 3. The average Bonchev–Trinajstić information content (AvgIpc) is 3.41. The highest BCUT2D eigenvalue weighted by Crippen LogP contribution is 2.28. The zero-order valence-electron chi connectivity index (χ0n) is 29.1. The smallest absolute Gasteiger partial charge is 0.373 e. The van der Waals surface area contributed by atoms with Crippen molar-refractivity contribution in [2.45, 2.75) is 76.6 Å². The fourth-order valence-corrected chi connectivity index (χ4v) is 6.86. The molecule has 1 N–H and O–H groups in total. The molecule has 1 amide bonds. The van der Waals surface area contributed by atoms with Gasteiger partial charge in [0.25, 0.3) is 0 Å². The Morgan fingerprint density at radius 2 is 1.78 bits per heavy atom. The molecule has 0 bridgehead atoms. The fraction of sp³-hybridized carbons (Fsp3) is 0.553. The number of rotatable bonds is 10. The first-order valence-electron chi connectivity index (χ1n) is 17.3. The standard InChI is InChI=1S/C38H48F3N7O/c1-37(2,26-42)35-12-10-31(24-44-35)43-17-5-6-33-23-30-22-29(9-11-34(30)48(33)27-38(39,40)41)8-7-28-13-20-47(21-14-28)36(49)25-46-18-15-32(16-19-46)45(3)4/h9-12,22-24,28,32,43H,7-8,13-21,25,27H2,1-4H3. The third-order valence-electron chi connectivity index (χ3n) is 10.0. The van der Waals surface area contributed by atoms with Gasteiger partial charge in [-0.2, -0.15) is 18.4 Å². The number of pyridine rings is 1. The number of carbonyl (C=O) groups excluding carboxylic acids is 1. The summed E-state index contributed by atoms with van der Waals surface area (Å²) in [5.41, 5.74) is 2.58. The minimum atomic E-state index is -4.39. The Balaban J connectivity index is 1.15. The zero-order chi connectivity index (χ0) is 35.2. The van der Waals surface area contributed by atoms with Crippen LogP contribution in [-0.4, -0.2) is 95.7 Å². The number of fused-ring (bicyclic) bond motifs is 1. The SMILES string of the molecule is CN(C)C1CCN(CC(=O)N2CCC(CCc3ccc4c(c3)cc(C#CCNc3ccc(C(C)(C)C#N)nc3)n4CC(F)(F)F)CC2)CC1. The van der Waals surface area contributed by atoms with Crippen molar-refractivity contribution in [3.63, 3.8) is 0 Å². The lowest BCUT2D eigenvalue weighted by Crippen LogP contribution is -2.48. The minimum Gasteiger partial charge on any atom is -0.373 e. The molecule has 4 heterocycles. The maximum absolute atomic E-state index is 13.6. The second-order valence-electron chi connectivity index (χ2n) is 14.3. The van der Waals surface area contributed by atoms with Crippen molar-refractivity contribution in [2.75, 3.05) is 58.7 Å². The number of nitrogens with zero attached hydrogens (tertiary/aromatic N) is 6. The number of aryl methyl sites for hydroxylation is 1. The van der Waals surface area contributed by atoms with Gasteiger partial charge in [0.2, 0.25) is 5.91 Å². The molecule has 0 unspecified atom stereocenters. The van der Waals surface area contributed by atoms with E-state index in [1.807, 2.05) is 23.1 Å². The molecule has 2 aliphatic heterocycles. The van der Waals surface area contributed by atoms with Crippen LogP contribution in [0.1, 0.15) is 62.9 Å². The Kier molecular flexibility index (Phi) is 11.6. The Labute approximate surface area is 288 Å². The van der Waals surface area contributed by atoms with E-state index in [0.717, 1.165) is 75.7 Å². The third-order valence-corrected chi connectivity index (χ3v) is 10.0. The van der Waals surface area contributed by atoms with Crippen LogP contribution in [0, 0.1) is 29.1 Å². The van der Waals surface area contributed by atoms with Crippen molar-refractivity contribution >= 4 is 22.5 Å². The monoisotopic (exact) mass is 675 g/mol. The third kappa shape index (κ3) is 9.77. The highest BCUT2D eigenvalue weighted by atomic mass is 19.4. The first-order valence-corrected chi connectivity index (χ1v) is 17.3. The molecule has 2 saturated heterocycles. The van der Waals surface area contributed by atoms with Crippen molar-refractivity contribution in [3.8, 4) is 17.9 Å². The van der Waals surface area contributed by atoms with E-state index in [9.17, 15) is 23.2 Å². The Morgan fingerprint density at radius 3 is 2.41 bits per heavy atom. The van der Waals surface area contributed by atoms with E-state index in [0.29, 0.717) is 41.1 Å². The van der Waals surface area contributed by atoms with Crippen LogP contribution in [-0.2, 0) is 23.2 Å². The molecule has 0 spiro atoms. The summed E-state index contributed by atoms with van der Waals surface area (Å²) in [6, 6.07) is 13.8. The van der Waals surface area contributed by atoms with E-state index in [-0.39, 0.29) is 12.5 Å². The van der Waals surface area contributed by atoms with Crippen LogP contribution in [0.5, 0.6) is 0 Å². The molecule has 2 aliphatic rings. The lowest BCUT2D eigenvalue weighted by atomic mass is 9.90. The van der Waals surface area contributed by atoms with Gasteiger partial charge in [-0.25, -0.2) is 0 Å². The van der Waals surface area contributed by atoms with E-state index in [4.69, 9.17) is 0 Å². The predicted octanol–water partition coefficient (Wildman–Crippen LogP) is 6.06. The lowest BCUT2D eigenvalue weighted by molar-refractivity contribution is -0.140. The van der Waals surface area contributed by atoms with E-state index >= 15 is 0 Å². The summed E-state index contributed by atoms with van der Waals surface area (Å²) in [6.45, 7) is 6.72. The van der Waals surface area contributed by atoms with Crippen LogP contribution >= 0.6 is 0 Å².